The number of aromatic nitrogens is 2. The van der Waals surface area contributed by atoms with Crippen LogP contribution < -0.4 is 4.74 Å². The van der Waals surface area contributed by atoms with E-state index in [0.29, 0.717) is 31.8 Å². The number of ether oxygens (including phenoxy) is 2. The van der Waals surface area contributed by atoms with E-state index in [-0.39, 0.29) is 23.3 Å². The molecule has 1 amide bonds. The maximum Gasteiger partial charge on any atom is 0.410 e. The molecule has 9 nitrogen and oxygen atoms in total. The van der Waals surface area contributed by atoms with Gasteiger partial charge in [-0.1, -0.05) is 6.42 Å². The number of rotatable bonds is 3. The Morgan fingerprint density at radius 2 is 1.68 bits per heavy atom. The quantitative estimate of drug-likeness (QED) is 0.736. The van der Waals surface area contributed by atoms with Crippen LogP contribution in [-0.2, 0) is 14.6 Å². The van der Waals surface area contributed by atoms with Crippen LogP contribution in [0.5, 0.6) is 5.88 Å². The Kier molecular flexibility index (Phi) is 9.05. The van der Waals surface area contributed by atoms with E-state index in [0.717, 1.165) is 19.1 Å². The molecule has 1 saturated heterocycles. The molecule has 1 aromatic rings. The number of amides is 1. The molecule has 2 aliphatic rings. The monoisotopic (exact) mass is 457 g/mol. The predicted molar refractivity (Wildman–Crippen MR) is 116 cm³/mol. The van der Waals surface area contributed by atoms with Crippen molar-refractivity contribution in [1.29, 1.82) is 0 Å². The van der Waals surface area contributed by atoms with Gasteiger partial charge in [0.2, 0.25) is 5.88 Å². The van der Waals surface area contributed by atoms with Crippen molar-refractivity contribution >= 4 is 15.9 Å². The second kappa shape index (κ2) is 11.1. The van der Waals surface area contributed by atoms with Gasteiger partial charge in [-0.2, -0.15) is 0 Å². The molecule has 3 rings (SSSR count). The molecular weight excluding hydrogens is 422 g/mol. The Labute approximate surface area is 185 Å². The molecule has 176 valence electrons. The van der Waals surface area contributed by atoms with Crippen LogP contribution >= 0.6 is 0 Å². The molecule has 1 N–H and O–H groups in total. The average Bonchev–Trinajstić information content (AvgIpc) is 2.68. The zero-order chi connectivity index (χ0) is 23.1. The summed E-state index contributed by atoms with van der Waals surface area (Å²) in [4.78, 5) is 13.2. The molecule has 1 aliphatic heterocycles. The molecule has 2 fully saturated rings. The average molecular weight is 458 g/mol. The number of sulfone groups is 1. The smallest absolute Gasteiger partial charge is 0.410 e. The Balaban J connectivity index is 0.000000225. The molecule has 0 unspecified atom stereocenters. The van der Waals surface area contributed by atoms with Crippen LogP contribution in [0.2, 0.25) is 0 Å². The van der Waals surface area contributed by atoms with Crippen LogP contribution in [-0.4, -0.2) is 71.9 Å². The molecular formula is C21H35N3O6S. The number of likely N-dealkylation sites (tertiary alicyclic amines) is 1. The third kappa shape index (κ3) is 9.39. The standard InChI is InChI=1S/C11H16N2O3S.C10H19NO3/c1-17(14,15)11-8-7-10(12-13-11)16-9-5-3-2-4-6-9;1-10(2,3)14-9(13)11-6-4-8(12)5-7-11/h7-9H,2-6H2,1H3;8,12H,4-7H2,1-3H3. The zero-order valence-corrected chi connectivity index (χ0v) is 19.7. The molecule has 0 atom stereocenters. The highest BCUT2D eigenvalue weighted by Gasteiger charge is 2.25. The fourth-order valence-electron chi connectivity index (χ4n) is 3.30. The van der Waals surface area contributed by atoms with Crippen LogP contribution in [0.4, 0.5) is 4.79 Å². The number of carbonyl (C=O) groups is 1. The van der Waals surface area contributed by atoms with Gasteiger partial charge in [0.05, 0.1) is 6.10 Å². The predicted octanol–water partition coefficient (Wildman–Crippen LogP) is 2.97. The van der Waals surface area contributed by atoms with Gasteiger partial charge in [-0.25, -0.2) is 13.2 Å². The van der Waals surface area contributed by atoms with E-state index >= 15 is 0 Å². The first kappa shape index (κ1) is 25.3. The molecule has 0 bridgehead atoms. The summed E-state index contributed by atoms with van der Waals surface area (Å²) in [6, 6.07) is 3.00. The van der Waals surface area contributed by atoms with Gasteiger partial charge in [-0.05, 0) is 65.4 Å². The summed E-state index contributed by atoms with van der Waals surface area (Å²) in [5.41, 5.74) is -0.437. The lowest BCUT2D eigenvalue weighted by Gasteiger charge is -2.31. The van der Waals surface area contributed by atoms with Crippen molar-refractivity contribution in [3.63, 3.8) is 0 Å². The van der Waals surface area contributed by atoms with Crippen molar-refractivity contribution < 1.29 is 27.8 Å². The van der Waals surface area contributed by atoms with E-state index in [1.165, 1.54) is 25.3 Å². The van der Waals surface area contributed by atoms with Crippen LogP contribution in [0.25, 0.3) is 0 Å². The summed E-state index contributed by atoms with van der Waals surface area (Å²) < 4.78 is 33.3. The molecule has 0 aromatic carbocycles. The van der Waals surface area contributed by atoms with Crippen LogP contribution in [0.1, 0.15) is 65.7 Å². The number of hydrogen-bond acceptors (Lipinski definition) is 8. The maximum absolute atomic E-state index is 11.5. The molecule has 2 heterocycles. The maximum atomic E-state index is 11.5. The topological polar surface area (TPSA) is 119 Å². The minimum atomic E-state index is -3.28. The second-order valence-corrected chi connectivity index (χ2v) is 11.0. The number of piperidine rings is 1. The highest BCUT2D eigenvalue weighted by molar-refractivity contribution is 7.90. The molecule has 0 spiro atoms. The van der Waals surface area contributed by atoms with E-state index in [9.17, 15) is 18.3 Å². The van der Waals surface area contributed by atoms with Gasteiger partial charge >= 0.3 is 6.09 Å². The van der Waals surface area contributed by atoms with Crippen LogP contribution in [0.15, 0.2) is 17.2 Å². The van der Waals surface area contributed by atoms with Gasteiger partial charge in [-0.3, -0.25) is 0 Å². The van der Waals surface area contributed by atoms with Gasteiger partial charge < -0.3 is 19.5 Å². The van der Waals surface area contributed by atoms with E-state index < -0.39 is 15.4 Å². The highest BCUT2D eigenvalue weighted by atomic mass is 32.2. The number of hydrogen-bond donors (Lipinski definition) is 1. The summed E-state index contributed by atoms with van der Waals surface area (Å²) in [6.07, 6.45) is 7.78. The fourth-order valence-corrected chi connectivity index (χ4v) is 3.80. The van der Waals surface area contributed by atoms with E-state index in [1.807, 2.05) is 20.8 Å². The number of aliphatic hydroxyl groups is 1. The minimum Gasteiger partial charge on any atom is -0.473 e. The summed E-state index contributed by atoms with van der Waals surface area (Å²) in [6.45, 7) is 6.74. The molecule has 31 heavy (non-hydrogen) atoms. The first-order chi connectivity index (χ1) is 14.4. The second-order valence-electron chi connectivity index (χ2n) is 9.06. The van der Waals surface area contributed by atoms with Crippen molar-refractivity contribution in [3.05, 3.63) is 12.1 Å². The number of carbonyl (C=O) groups excluding carboxylic acids is 1. The van der Waals surface area contributed by atoms with Crippen LogP contribution in [0.3, 0.4) is 0 Å². The minimum absolute atomic E-state index is 0.0199. The Morgan fingerprint density at radius 1 is 1.06 bits per heavy atom. The van der Waals surface area contributed by atoms with Crippen molar-refractivity contribution in [2.24, 2.45) is 0 Å². The third-order valence-corrected chi connectivity index (χ3v) is 5.93. The summed E-state index contributed by atoms with van der Waals surface area (Å²) >= 11 is 0. The van der Waals surface area contributed by atoms with Gasteiger partial charge in [0.25, 0.3) is 0 Å². The van der Waals surface area contributed by atoms with Gasteiger partial charge in [0.1, 0.15) is 11.7 Å². The first-order valence-corrected chi connectivity index (χ1v) is 12.7. The lowest BCUT2D eigenvalue weighted by atomic mass is 9.98. The SMILES string of the molecule is CC(C)(C)OC(=O)N1CCC(O)CC1.CS(=O)(=O)c1ccc(OC2CCCCC2)nn1. The lowest BCUT2D eigenvalue weighted by Crippen LogP contribution is -2.42. The first-order valence-electron chi connectivity index (χ1n) is 10.8. The van der Waals surface area contributed by atoms with Gasteiger partial charge in [-0.15, -0.1) is 10.2 Å². The third-order valence-electron chi connectivity index (χ3n) is 4.95. The lowest BCUT2D eigenvalue weighted by molar-refractivity contribution is 0.0101. The summed E-state index contributed by atoms with van der Waals surface area (Å²) in [5, 5.41) is 16.7. The van der Waals surface area contributed by atoms with E-state index in [1.54, 1.807) is 11.0 Å². The number of aliphatic hydroxyl groups excluding tert-OH is 1. The molecule has 1 saturated carbocycles. The van der Waals surface area contributed by atoms with E-state index in [4.69, 9.17) is 9.47 Å². The molecule has 10 heteroatoms. The molecule has 1 aliphatic carbocycles. The van der Waals surface area contributed by atoms with Crippen LogP contribution in [0, 0.1) is 0 Å². The normalized spacial score (nSPS) is 18.7. The Hall–Kier alpha value is -1.94. The largest absolute Gasteiger partial charge is 0.473 e. The zero-order valence-electron chi connectivity index (χ0n) is 18.9. The van der Waals surface area contributed by atoms with Gasteiger partial charge in [0.15, 0.2) is 14.9 Å². The van der Waals surface area contributed by atoms with Crippen molar-refractivity contribution in [3.8, 4) is 5.88 Å². The Morgan fingerprint density at radius 3 is 2.16 bits per heavy atom. The number of nitrogens with zero attached hydrogens (tertiary/aromatic N) is 3. The molecule has 0 radical (unpaired) electrons. The summed E-state index contributed by atoms with van der Waals surface area (Å²) in [5.74, 6) is 0.407. The van der Waals surface area contributed by atoms with Crippen molar-refractivity contribution in [2.75, 3.05) is 19.3 Å². The molecule has 1 aromatic heterocycles. The van der Waals surface area contributed by atoms with Crippen molar-refractivity contribution in [2.45, 2.75) is 88.6 Å². The fraction of sp³-hybridized carbons (Fsp3) is 0.762. The Bertz CT molecular complexity index is 793. The van der Waals surface area contributed by atoms with E-state index in [2.05, 4.69) is 10.2 Å². The van der Waals surface area contributed by atoms with Crippen molar-refractivity contribution in [1.82, 2.24) is 15.1 Å². The summed E-state index contributed by atoms with van der Waals surface area (Å²) in [7, 11) is -3.28. The highest BCUT2D eigenvalue weighted by Crippen LogP contribution is 2.22. The van der Waals surface area contributed by atoms with Gasteiger partial charge in [0, 0.05) is 25.4 Å².